The van der Waals surface area contributed by atoms with Gasteiger partial charge in [-0.3, -0.25) is 0 Å². The summed E-state index contributed by atoms with van der Waals surface area (Å²) in [4.78, 5) is 14.9. The molecule has 2 amide bonds. The quantitative estimate of drug-likeness (QED) is 0.861. The Kier molecular flexibility index (Phi) is 4.95. The van der Waals surface area contributed by atoms with Gasteiger partial charge in [0.1, 0.15) is 5.75 Å². The lowest BCUT2D eigenvalue weighted by molar-refractivity contribution is 0.143. The molecule has 1 aromatic heterocycles. The maximum Gasteiger partial charge on any atom is 0.322 e. The molecule has 0 radical (unpaired) electrons. The number of ether oxygens (including phenoxy) is 1. The second kappa shape index (κ2) is 7.00. The lowest BCUT2D eigenvalue weighted by Gasteiger charge is -2.39. The summed E-state index contributed by atoms with van der Waals surface area (Å²) in [5.74, 6) is 0.899. The number of hydrogen-bond donors (Lipinski definition) is 1. The van der Waals surface area contributed by atoms with Crippen molar-refractivity contribution in [1.82, 2.24) is 9.47 Å². The molecule has 0 spiro atoms. The number of anilines is 1. The number of hydrogen-bond acceptors (Lipinski definition) is 2. The topological polar surface area (TPSA) is 46.5 Å². The second-order valence-electron chi connectivity index (χ2n) is 6.71. The van der Waals surface area contributed by atoms with Crippen LogP contribution in [0.15, 0.2) is 30.3 Å². The molecule has 0 fully saturated rings. The van der Waals surface area contributed by atoms with Gasteiger partial charge < -0.3 is 19.5 Å². The van der Waals surface area contributed by atoms with Gasteiger partial charge in [-0.15, -0.1) is 0 Å². The minimum Gasteiger partial charge on any atom is -0.495 e. The van der Waals surface area contributed by atoms with Crippen LogP contribution in [0.4, 0.5) is 10.5 Å². The Balaban J connectivity index is 1.88. The molecular weight excluding hydrogens is 338 g/mol. The van der Waals surface area contributed by atoms with Crippen LogP contribution in [-0.4, -0.2) is 29.2 Å². The Hall–Kier alpha value is -2.14. The van der Waals surface area contributed by atoms with Gasteiger partial charge in [-0.2, -0.15) is 0 Å². The second-order valence-corrected chi connectivity index (χ2v) is 7.14. The van der Waals surface area contributed by atoms with E-state index in [2.05, 4.69) is 42.8 Å². The Morgan fingerprint density at radius 1 is 1.28 bits per heavy atom. The fourth-order valence-corrected chi connectivity index (χ4v) is 3.73. The van der Waals surface area contributed by atoms with Crippen LogP contribution in [0, 0.1) is 12.8 Å². The largest absolute Gasteiger partial charge is 0.495 e. The molecule has 2 heterocycles. The monoisotopic (exact) mass is 361 g/mol. The maximum atomic E-state index is 13.0. The highest BCUT2D eigenvalue weighted by Crippen LogP contribution is 2.35. The Labute approximate surface area is 153 Å². The third kappa shape index (κ3) is 3.33. The molecule has 1 aliphatic heterocycles. The zero-order chi connectivity index (χ0) is 18.1. The average molecular weight is 362 g/mol. The van der Waals surface area contributed by atoms with E-state index < -0.39 is 0 Å². The molecule has 6 heteroatoms. The van der Waals surface area contributed by atoms with Crippen molar-refractivity contribution in [3.63, 3.8) is 0 Å². The summed E-state index contributed by atoms with van der Waals surface area (Å²) < 4.78 is 7.63. The number of benzene rings is 1. The fraction of sp³-hybridized carbons (Fsp3) is 0.421. The minimum absolute atomic E-state index is 0.0348. The number of aryl methyl sites for hydroxylation is 1. The lowest BCUT2D eigenvalue weighted by Crippen LogP contribution is -2.46. The number of nitrogens with zero attached hydrogens (tertiary/aromatic N) is 2. The van der Waals surface area contributed by atoms with E-state index in [1.807, 2.05) is 4.90 Å². The van der Waals surface area contributed by atoms with Crippen molar-refractivity contribution in [3.05, 3.63) is 46.7 Å². The SMILES string of the molecule is COc1ccc(Cl)cc1NC(=O)N1CCn2c(C)ccc2[C@H]1C(C)C. The van der Waals surface area contributed by atoms with Crippen molar-refractivity contribution in [2.45, 2.75) is 33.4 Å². The van der Waals surface area contributed by atoms with E-state index in [1.54, 1.807) is 25.3 Å². The third-order valence-corrected chi connectivity index (χ3v) is 4.97. The van der Waals surface area contributed by atoms with Gasteiger partial charge in [0.2, 0.25) is 0 Å². The first-order chi connectivity index (χ1) is 11.9. The molecule has 0 saturated heterocycles. The van der Waals surface area contributed by atoms with E-state index in [0.717, 1.165) is 6.54 Å². The molecule has 25 heavy (non-hydrogen) atoms. The average Bonchev–Trinajstić information content (AvgIpc) is 2.95. The summed E-state index contributed by atoms with van der Waals surface area (Å²) in [6.07, 6.45) is 0. The predicted octanol–water partition coefficient (Wildman–Crippen LogP) is 4.70. The number of urea groups is 1. The molecule has 0 saturated carbocycles. The van der Waals surface area contributed by atoms with Crippen molar-refractivity contribution < 1.29 is 9.53 Å². The summed E-state index contributed by atoms with van der Waals surface area (Å²) in [6, 6.07) is 9.34. The van der Waals surface area contributed by atoms with E-state index in [-0.39, 0.29) is 12.1 Å². The molecule has 1 aromatic carbocycles. The number of carbonyl (C=O) groups excluding carboxylic acids is 1. The zero-order valence-electron chi connectivity index (χ0n) is 15.0. The Morgan fingerprint density at radius 3 is 2.72 bits per heavy atom. The summed E-state index contributed by atoms with van der Waals surface area (Å²) in [5.41, 5.74) is 3.00. The van der Waals surface area contributed by atoms with Gasteiger partial charge in [0.05, 0.1) is 18.8 Å². The summed E-state index contributed by atoms with van der Waals surface area (Å²) in [5, 5.41) is 3.52. The first-order valence-corrected chi connectivity index (χ1v) is 8.87. The van der Waals surface area contributed by atoms with Gasteiger partial charge in [-0.05, 0) is 43.2 Å². The standard InChI is InChI=1S/C19H24ClN3O2/c1-12(2)18-16-7-5-13(3)22(16)9-10-23(18)19(24)21-15-11-14(20)6-8-17(15)25-4/h5-8,11-12,18H,9-10H2,1-4H3,(H,21,24)/t18-/m1/s1. The number of carbonyl (C=O) groups is 1. The smallest absolute Gasteiger partial charge is 0.322 e. The van der Waals surface area contributed by atoms with Gasteiger partial charge in [0, 0.05) is 29.5 Å². The van der Waals surface area contributed by atoms with Gasteiger partial charge in [0.25, 0.3) is 0 Å². The van der Waals surface area contributed by atoms with Crippen molar-refractivity contribution in [2.24, 2.45) is 5.92 Å². The maximum absolute atomic E-state index is 13.0. The lowest BCUT2D eigenvalue weighted by atomic mass is 9.97. The summed E-state index contributed by atoms with van der Waals surface area (Å²) in [6.45, 7) is 7.86. The molecule has 1 aliphatic rings. The molecule has 134 valence electrons. The highest BCUT2D eigenvalue weighted by molar-refractivity contribution is 6.31. The molecular formula is C19H24ClN3O2. The van der Waals surface area contributed by atoms with E-state index in [9.17, 15) is 4.79 Å². The van der Waals surface area contributed by atoms with Crippen LogP contribution < -0.4 is 10.1 Å². The molecule has 5 nitrogen and oxygen atoms in total. The number of aromatic nitrogens is 1. The third-order valence-electron chi connectivity index (χ3n) is 4.73. The number of fused-ring (bicyclic) bond motifs is 1. The van der Waals surface area contributed by atoms with Crippen LogP contribution in [0.25, 0.3) is 0 Å². The van der Waals surface area contributed by atoms with Gasteiger partial charge >= 0.3 is 6.03 Å². The van der Waals surface area contributed by atoms with E-state index in [0.29, 0.717) is 28.9 Å². The van der Waals surface area contributed by atoms with Crippen LogP contribution in [0.2, 0.25) is 5.02 Å². The van der Waals surface area contributed by atoms with E-state index >= 15 is 0 Å². The van der Waals surface area contributed by atoms with Gasteiger partial charge in [-0.25, -0.2) is 4.79 Å². The first kappa shape index (κ1) is 17.7. The molecule has 0 bridgehead atoms. The van der Waals surface area contributed by atoms with Gasteiger partial charge in [-0.1, -0.05) is 25.4 Å². The van der Waals surface area contributed by atoms with E-state index in [4.69, 9.17) is 16.3 Å². The van der Waals surface area contributed by atoms with Crippen molar-refractivity contribution in [1.29, 1.82) is 0 Å². The fourth-order valence-electron chi connectivity index (χ4n) is 3.55. The number of methoxy groups -OCH3 is 1. The number of nitrogens with one attached hydrogen (secondary N) is 1. The minimum atomic E-state index is -0.135. The van der Waals surface area contributed by atoms with Crippen LogP contribution in [0.3, 0.4) is 0 Å². The zero-order valence-corrected chi connectivity index (χ0v) is 15.8. The van der Waals surface area contributed by atoms with Crippen molar-refractivity contribution in [3.8, 4) is 5.75 Å². The molecule has 2 aromatic rings. The number of amides is 2. The molecule has 1 atom stereocenters. The highest BCUT2D eigenvalue weighted by Gasteiger charge is 2.34. The number of halogens is 1. The summed E-state index contributed by atoms with van der Waals surface area (Å²) in [7, 11) is 1.58. The van der Waals surface area contributed by atoms with E-state index in [1.165, 1.54) is 11.4 Å². The molecule has 3 rings (SSSR count). The van der Waals surface area contributed by atoms with Crippen LogP contribution in [-0.2, 0) is 6.54 Å². The normalized spacial score (nSPS) is 16.7. The predicted molar refractivity (Wildman–Crippen MR) is 100 cm³/mol. The highest BCUT2D eigenvalue weighted by atomic mass is 35.5. The Morgan fingerprint density at radius 2 is 2.04 bits per heavy atom. The van der Waals surface area contributed by atoms with Crippen LogP contribution in [0.1, 0.15) is 31.3 Å². The molecule has 0 aliphatic carbocycles. The summed E-state index contributed by atoms with van der Waals surface area (Å²) >= 11 is 6.07. The van der Waals surface area contributed by atoms with Crippen molar-refractivity contribution in [2.75, 3.05) is 19.0 Å². The van der Waals surface area contributed by atoms with Crippen LogP contribution in [0.5, 0.6) is 5.75 Å². The number of rotatable bonds is 3. The Bertz CT molecular complexity index is 785. The molecule has 0 unspecified atom stereocenters. The van der Waals surface area contributed by atoms with Crippen LogP contribution >= 0.6 is 11.6 Å². The van der Waals surface area contributed by atoms with Gasteiger partial charge in [0.15, 0.2) is 0 Å². The first-order valence-electron chi connectivity index (χ1n) is 8.49. The molecule has 1 N–H and O–H groups in total. The van der Waals surface area contributed by atoms with Crippen molar-refractivity contribution >= 4 is 23.3 Å².